The smallest absolute Gasteiger partial charge is 0.274 e. The van der Waals surface area contributed by atoms with Crippen molar-refractivity contribution < 1.29 is 13.2 Å². The van der Waals surface area contributed by atoms with Gasteiger partial charge in [-0.15, -0.1) is 0 Å². The quantitative estimate of drug-likeness (QED) is 0.520. The second kappa shape index (κ2) is 7.73. The Morgan fingerprint density at radius 2 is 1.41 bits per heavy atom. The van der Waals surface area contributed by atoms with E-state index in [0.29, 0.717) is 5.69 Å². The first-order chi connectivity index (χ1) is 14.0. The number of para-hydroxylation sites is 2. The van der Waals surface area contributed by atoms with Crippen LogP contribution in [-0.2, 0) is 10.0 Å². The highest BCUT2D eigenvalue weighted by molar-refractivity contribution is 7.92. The van der Waals surface area contributed by atoms with Crippen molar-refractivity contribution in [2.75, 3.05) is 10.0 Å². The number of carbonyl (C=O) groups excluding carboxylic acids is 1. The normalized spacial score (nSPS) is 11.2. The Kier molecular flexibility index (Phi) is 4.97. The van der Waals surface area contributed by atoms with E-state index in [-0.39, 0.29) is 16.3 Å². The summed E-state index contributed by atoms with van der Waals surface area (Å²) in [6.45, 7) is 0. The predicted octanol–water partition coefficient (Wildman–Crippen LogP) is 4.29. The fourth-order valence-electron chi connectivity index (χ4n) is 2.97. The van der Waals surface area contributed by atoms with Gasteiger partial charge in [0, 0.05) is 11.6 Å². The van der Waals surface area contributed by atoms with Crippen LogP contribution in [0.5, 0.6) is 0 Å². The lowest BCUT2D eigenvalue weighted by molar-refractivity contribution is 0.102. The van der Waals surface area contributed by atoms with Crippen LogP contribution >= 0.6 is 0 Å². The summed E-state index contributed by atoms with van der Waals surface area (Å²) in [5.74, 6) is -0.423. The molecule has 2 N–H and O–H groups in total. The summed E-state index contributed by atoms with van der Waals surface area (Å²) in [6.07, 6.45) is 1.57. The molecule has 1 aromatic heterocycles. The van der Waals surface area contributed by atoms with E-state index in [1.54, 1.807) is 48.7 Å². The van der Waals surface area contributed by atoms with Gasteiger partial charge < -0.3 is 5.32 Å². The van der Waals surface area contributed by atoms with Crippen LogP contribution in [0.15, 0.2) is 96.0 Å². The van der Waals surface area contributed by atoms with Crippen molar-refractivity contribution in [2.45, 2.75) is 4.90 Å². The van der Waals surface area contributed by atoms with Crippen molar-refractivity contribution in [1.82, 2.24) is 4.98 Å². The van der Waals surface area contributed by atoms with Crippen LogP contribution in [0, 0.1) is 0 Å². The number of amides is 1. The number of rotatable bonds is 5. The second-order valence-electron chi connectivity index (χ2n) is 6.30. The highest BCUT2D eigenvalue weighted by Gasteiger charge is 2.18. The second-order valence-corrected chi connectivity index (χ2v) is 7.98. The zero-order valence-corrected chi connectivity index (χ0v) is 16.1. The molecule has 144 valence electrons. The van der Waals surface area contributed by atoms with E-state index in [1.807, 2.05) is 30.3 Å². The maximum atomic E-state index is 12.9. The minimum atomic E-state index is -3.79. The van der Waals surface area contributed by atoms with Gasteiger partial charge in [-0.05, 0) is 35.7 Å². The molecular formula is C22H17N3O3S. The molecule has 1 amide bonds. The number of pyridine rings is 1. The van der Waals surface area contributed by atoms with Gasteiger partial charge in [-0.25, -0.2) is 8.42 Å². The van der Waals surface area contributed by atoms with Crippen LogP contribution in [-0.4, -0.2) is 19.3 Å². The molecule has 29 heavy (non-hydrogen) atoms. The molecule has 1 heterocycles. The number of anilines is 2. The number of aromatic nitrogens is 1. The molecule has 0 radical (unpaired) electrons. The third-order valence-corrected chi connectivity index (χ3v) is 5.74. The number of hydrogen-bond acceptors (Lipinski definition) is 4. The Balaban J connectivity index is 1.64. The number of carbonyl (C=O) groups is 1. The van der Waals surface area contributed by atoms with Crippen LogP contribution in [0.25, 0.3) is 10.8 Å². The SMILES string of the molecule is O=C(Nc1ccccc1NS(=O)(=O)c1ccccc1)c1nccc2ccccc12. The third kappa shape index (κ3) is 3.95. The highest BCUT2D eigenvalue weighted by atomic mass is 32.2. The summed E-state index contributed by atoms with van der Waals surface area (Å²) >= 11 is 0. The van der Waals surface area contributed by atoms with E-state index in [1.165, 1.54) is 12.1 Å². The number of hydrogen-bond donors (Lipinski definition) is 2. The molecule has 0 fully saturated rings. The summed E-state index contributed by atoms with van der Waals surface area (Å²) in [5.41, 5.74) is 0.875. The lowest BCUT2D eigenvalue weighted by Crippen LogP contribution is -2.18. The highest BCUT2D eigenvalue weighted by Crippen LogP contribution is 2.26. The van der Waals surface area contributed by atoms with Crippen LogP contribution < -0.4 is 10.0 Å². The summed E-state index contributed by atoms with van der Waals surface area (Å²) < 4.78 is 27.8. The number of sulfonamides is 1. The first-order valence-corrected chi connectivity index (χ1v) is 10.3. The van der Waals surface area contributed by atoms with Gasteiger partial charge in [0.2, 0.25) is 0 Å². The van der Waals surface area contributed by atoms with Crippen LogP contribution in [0.1, 0.15) is 10.5 Å². The lowest BCUT2D eigenvalue weighted by atomic mass is 10.1. The molecule has 4 rings (SSSR count). The first-order valence-electron chi connectivity index (χ1n) is 8.86. The molecular weight excluding hydrogens is 386 g/mol. The van der Waals surface area contributed by atoms with Crippen LogP contribution in [0.2, 0.25) is 0 Å². The third-order valence-electron chi connectivity index (χ3n) is 4.36. The Bertz CT molecular complexity index is 1280. The summed E-state index contributed by atoms with van der Waals surface area (Å²) in [6, 6.07) is 23.9. The molecule has 0 aliphatic carbocycles. The molecule has 0 saturated carbocycles. The Morgan fingerprint density at radius 3 is 2.21 bits per heavy atom. The Hall–Kier alpha value is -3.71. The van der Waals surface area contributed by atoms with E-state index in [2.05, 4.69) is 15.0 Å². The van der Waals surface area contributed by atoms with Gasteiger partial charge in [0.1, 0.15) is 5.69 Å². The number of fused-ring (bicyclic) bond motifs is 1. The molecule has 0 aliphatic heterocycles. The van der Waals surface area contributed by atoms with E-state index in [0.717, 1.165) is 10.8 Å². The van der Waals surface area contributed by atoms with Gasteiger partial charge in [-0.3, -0.25) is 14.5 Å². The minimum Gasteiger partial charge on any atom is -0.319 e. The minimum absolute atomic E-state index is 0.136. The molecule has 0 atom stereocenters. The molecule has 7 heteroatoms. The maximum absolute atomic E-state index is 12.9. The molecule has 0 unspecified atom stereocenters. The molecule has 0 bridgehead atoms. The zero-order valence-electron chi connectivity index (χ0n) is 15.2. The Labute approximate surface area is 168 Å². The topological polar surface area (TPSA) is 88.2 Å². The Morgan fingerprint density at radius 1 is 0.759 bits per heavy atom. The molecule has 3 aromatic carbocycles. The largest absolute Gasteiger partial charge is 0.319 e. The lowest BCUT2D eigenvalue weighted by Gasteiger charge is -2.14. The number of nitrogens with one attached hydrogen (secondary N) is 2. The van der Waals surface area contributed by atoms with E-state index in [9.17, 15) is 13.2 Å². The van der Waals surface area contributed by atoms with Crippen molar-refractivity contribution in [1.29, 1.82) is 0 Å². The maximum Gasteiger partial charge on any atom is 0.274 e. The molecule has 6 nitrogen and oxygen atoms in total. The van der Waals surface area contributed by atoms with Gasteiger partial charge in [-0.1, -0.05) is 54.6 Å². The fraction of sp³-hybridized carbons (Fsp3) is 0. The van der Waals surface area contributed by atoms with E-state index in [4.69, 9.17) is 0 Å². The zero-order chi connectivity index (χ0) is 20.3. The molecule has 0 saturated heterocycles. The number of nitrogens with zero attached hydrogens (tertiary/aromatic N) is 1. The standard InChI is InChI=1S/C22H17N3O3S/c26-22(21-18-11-5-4-8-16(18)14-15-23-21)24-19-12-6-7-13-20(19)25-29(27,28)17-9-2-1-3-10-17/h1-15,25H,(H,24,26). The molecule has 0 aliphatic rings. The predicted molar refractivity (Wildman–Crippen MR) is 113 cm³/mol. The van der Waals surface area contributed by atoms with Gasteiger partial charge in [0.25, 0.3) is 15.9 Å². The van der Waals surface area contributed by atoms with Crippen molar-refractivity contribution >= 4 is 38.1 Å². The summed E-state index contributed by atoms with van der Waals surface area (Å²) in [7, 11) is -3.79. The molecule has 0 spiro atoms. The van der Waals surface area contributed by atoms with Gasteiger partial charge in [0.05, 0.1) is 16.3 Å². The van der Waals surface area contributed by atoms with Gasteiger partial charge in [-0.2, -0.15) is 0 Å². The average molecular weight is 403 g/mol. The first kappa shape index (κ1) is 18.6. The number of benzene rings is 3. The van der Waals surface area contributed by atoms with Gasteiger partial charge in [0.15, 0.2) is 0 Å². The van der Waals surface area contributed by atoms with E-state index >= 15 is 0 Å². The molecule has 4 aromatic rings. The van der Waals surface area contributed by atoms with Crippen molar-refractivity contribution in [3.05, 3.63) is 96.8 Å². The van der Waals surface area contributed by atoms with Crippen molar-refractivity contribution in [2.24, 2.45) is 0 Å². The summed E-state index contributed by atoms with van der Waals surface area (Å²) in [5, 5.41) is 4.38. The monoisotopic (exact) mass is 403 g/mol. The average Bonchev–Trinajstić information content (AvgIpc) is 2.75. The van der Waals surface area contributed by atoms with Crippen LogP contribution in [0.3, 0.4) is 0 Å². The van der Waals surface area contributed by atoms with Crippen molar-refractivity contribution in [3.63, 3.8) is 0 Å². The van der Waals surface area contributed by atoms with E-state index < -0.39 is 15.9 Å². The van der Waals surface area contributed by atoms with Crippen LogP contribution in [0.4, 0.5) is 11.4 Å². The summed E-state index contributed by atoms with van der Waals surface area (Å²) in [4.78, 5) is 17.2. The van der Waals surface area contributed by atoms with Crippen molar-refractivity contribution in [3.8, 4) is 0 Å². The fourth-order valence-corrected chi connectivity index (χ4v) is 4.07. The van der Waals surface area contributed by atoms with Gasteiger partial charge >= 0.3 is 0 Å².